The number of hydrogen-bond acceptors (Lipinski definition) is 4. The fourth-order valence-corrected chi connectivity index (χ4v) is 2.95. The van der Waals surface area contributed by atoms with Gasteiger partial charge in [-0.3, -0.25) is 0 Å². The van der Waals surface area contributed by atoms with Gasteiger partial charge in [-0.25, -0.2) is 4.98 Å². The summed E-state index contributed by atoms with van der Waals surface area (Å²) in [7, 11) is 3.29. The monoisotopic (exact) mass is 311 g/mol. The molecule has 0 aliphatic carbocycles. The maximum atomic E-state index is 5.70. The molecule has 1 aromatic carbocycles. The highest BCUT2D eigenvalue weighted by Gasteiger charge is 2.07. The standard InChI is InChI=1S/C15H18ClNO2S/c1-18-13-6-5-11(8-14(13)19-2)9-15-17-12(10-20-15)4-3-7-16/h5-6,8,10H,3-4,7,9H2,1-2H3. The van der Waals surface area contributed by atoms with Crippen molar-refractivity contribution in [3.8, 4) is 11.5 Å². The number of methoxy groups -OCH3 is 2. The van der Waals surface area contributed by atoms with Gasteiger partial charge in [0.25, 0.3) is 0 Å². The number of ether oxygens (including phenoxy) is 2. The number of aromatic nitrogens is 1. The van der Waals surface area contributed by atoms with Gasteiger partial charge in [-0.2, -0.15) is 0 Å². The Kier molecular flexibility index (Phi) is 5.68. The van der Waals surface area contributed by atoms with Crippen LogP contribution in [0.4, 0.5) is 0 Å². The van der Waals surface area contributed by atoms with E-state index in [4.69, 9.17) is 21.1 Å². The fourth-order valence-electron chi connectivity index (χ4n) is 1.96. The molecule has 0 aliphatic rings. The minimum absolute atomic E-state index is 0.683. The molecule has 0 aliphatic heterocycles. The molecular formula is C15H18ClNO2S. The molecule has 0 radical (unpaired) electrons. The number of hydrogen-bond donors (Lipinski definition) is 0. The third kappa shape index (κ3) is 3.87. The molecule has 0 saturated carbocycles. The molecule has 0 unspecified atom stereocenters. The largest absolute Gasteiger partial charge is 0.493 e. The lowest BCUT2D eigenvalue weighted by Crippen LogP contribution is -1.94. The first-order valence-electron chi connectivity index (χ1n) is 6.47. The van der Waals surface area contributed by atoms with E-state index in [0.717, 1.165) is 41.5 Å². The molecule has 20 heavy (non-hydrogen) atoms. The smallest absolute Gasteiger partial charge is 0.160 e. The first-order chi connectivity index (χ1) is 9.76. The van der Waals surface area contributed by atoms with Crippen LogP contribution in [0.1, 0.15) is 22.7 Å². The summed E-state index contributed by atoms with van der Waals surface area (Å²) in [4.78, 5) is 4.63. The number of nitrogens with zero attached hydrogens (tertiary/aromatic N) is 1. The minimum Gasteiger partial charge on any atom is -0.493 e. The normalized spacial score (nSPS) is 10.6. The predicted molar refractivity (Wildman–Crippen MR) is 83.5 cm³/mol. The minimum atomic E-state index is 0.683. The molecule has 0 bridgehead atoms. The molecule has 5 heteroatoms. The summed E-state index contributed by atoms with van der Waals surface area (Å²) < 4.78 is 10.6. The van der Waals surface area contributed by atoms with Crippen LogP contribution in [0, 0.1) is 0 Å². The maximum absolute atomic E-state index is 5.70. The average molecular weight is 312 g/mol. The van der Waals surface area contributed by atoms with Gasteiger partial charge in [0.15, 0.2) is 11.5 Å². The van der Waals surface area contributed by atoms with Crippen LogP contribution in [0.15, 0.2) is 23.6 Å². The number of benzene rings is 1. The van der Waals surface area contributed by atoms with Gasteiger partial charge in [0, 0.05) is 17.7 Å². The number of alkyl halides is 1. The molecule has 2 aromatic rings. The molecule has 0 N–H and O–H groups in total. The van der Waals surface area contributed by atoms with Gasteiger partial charge in [-0.05, 0) is 30.5 Å². The molecule has 0 atom stereocenters. The second-order valence-corrected chi connectivity index (χ2v) is 5.71. The van der Waals surface area contributed by atoms with Gasteiger partial charge in [0.05, 0.1) is 24.9 Å². The van der Waals surface area contributed by atoms with Gasteiger partial charge in [-0.1, -0.05) is 6.07 Å². The molecule has 1 heterocycles. The van der Waals surface area contributed by atoms with E-state index in [0.29, 0.717) is 5.88 Å². The summed E-state index contributed by atoms with van der Waals surface area (Å²) in [6, 6.07) is 5.97. The fraction of sp³-hybridized carbons (Fsp3) is 0.400. The average Bonchev–Trinajstić information content (AvgIpc) is 2.92. The third-order valence-electron chi connectivity index (χ3n) is 2.97. The second kappa shape index (κ2) is 7.50. The predicted octanol–water partition coefficient (Wildman–Crippen LogP) is 3.92. The van der Waals surface area contributed by atoms with Gasteiger partial charge < -0.3 is 9.47 Å². The van der Waals surface area contributed by atoms with E-state index in [1.54, 1.807) is 25.6 Å². The van der Waals surface area contributed by atoms with Crippen molar-refractivity contribution < 1.29 is 9.47 Å². The zero-order valence-electron chi connectivity index (χ0n) is 11.7. The van der Waals surface area contributed by atoms with Crippen LogP contribution in [0.25, 0.3) is 0 Å². The summed E-state index contributed by atoms with van der Waals surface area (Å²) in [5.74, 6) is 2.19. The van der Waals surface area contributed by atoms with Crippen LogP contribution in [-0.2, 0) is 12.8 Å². The zero-order chi connectivity index (χ0) is 14.4. The van der Waals surface area contributed by atoms with E-state index >= 15 is 0 Å². The maximum Gasteiger partial charge on any atom is 0.160 e. The van der Waals surface area contributed by atoms with Crippen LogP contribution < -0.4 is 9.47 Å². The van der Waals surface area contributed by atoms with Gasteiger partial charge >= 0.3 is 0 Å². The van der Waals surface area contributed by atoms with E-state index in [-0.39, 0.29) is 0 Å². The van der Waals surface area contributed by atoms with Crippen molar-refractivity contribution in [1.29, 1.82) is 0 Å². The van der Waals surface area contributed by atoms with Crippen LogP contribution in [0.2, 0.25) is 0 Å². The van der Waals surface area contributed by atoms with Crippen molar-refractivity contribution >= 4 is 22.9 Å². The van der Waals surface area contributed by atoms with Gasteiger partial charge in [0.2, 0.25) is 0 Å². The van der Waals surface area contributed by atoms with Crippen LogP contribution in [0.5, 0.6) is 11.5 Å². The summed E-state index contributed by atoms with van der Waals surface area (Å²) in [5.41, 5.74) is 2.30. The Bertz CT molecular complexity index is 557. The van der Waals surface area contributed by atoms with E-state index in [1.165, 1.54) is 5.56 Å². The van der Waals surface area contributed by atoms with E-state index in [1.807, 2.05) is 18.2 Å². The lowest BCUT2D eigenvalue weighted by atomic mass is 10.1. The molecular weight excluding hydrogens is 294 g/mol. The van der Waals surface area contributed by atoms with Gasteiger partial charge in [0.1, 0.15) is 0 Å². The van der Waals surface area contributed by atoms with Gasteiger partial charge in [-0.15, -0.1) is 22.9 Å². The summed E-state index contributed by atoms with van der Waals surface area (Å²) in [6.45, 7) is 0. The molecule has 2 rings (SSSR count). The van der Waals surface area contributed by atoms with Crippen molar-refractivity contribution in [3.63, 3.8) is 0 Å². The molecule has 0 amide bonds. The second-order valence-electron chi connectivity index (χ2n) is 4.39. The molecule has 1 aromatic heterocycles. The lowest BCUT2D eigenvalue weighted by molar-refractivity contribution is 0.354. The van der Waals surface area contributed by atoms with Crippen LogP contribution >= 0.6 is 22.9 Å². The molecule has 0 fully saturated rings. The molecule has 3 nitrogen and oxygen atoms in total. The Hall–Kier alpha value is -1.26. The highest BCUT2D eigenvalue weighted by molar-refractivity contribution is 7.09. The van der Waals surface area contributed by atoms with Crippen molar-refractivity contribution in [2.75, 3.05) is 20.1 Å². The first-order valence-corrected chi connectivity index (χ1v) is 7.88. The van der Waals surface area contributed by atoms with E-state index in [9.17, 15) is 0 Å². The number of thiazole rings is 1. The summed E-state index contributed by atoms with van der Waals surface area (Å²) in [6.07, 6.45) is 2.74. The molecule has 0 saturated heterocycles. The molecule has 0 spiro atoms. The Labute approximate surface area is 128 Å². The van der Waals surface area contributed by atoms with Crippen molar-refractivity contribution in [3.05, 3.63) is 39.8 Å². The number of rotatable bonds is 7. The lowest BCUT2D eigenvalue weighted by Gasteiger charge is -2.08. The third-order valence-corrected chi connectivity index (χ3v) is 4.13. The highest BCUT2D eigenvalue weighted by atomic mass is 35.5. The Morgan fingerprint density at radius 1 is 1.20 bits per heavy atom. The summed E-state index contributed by atoms with van der Waals surface area (Å²) >= 11 is 7.39. The number of aryl methyl sites for hydroxylation is 1. The quantitative estimate of drug-likeness (QED) is 0.726. The SMILES string of the molecule is COc1ccc(Cc2nc(CCCCl)cs2)cc1OC. The Balaban J connectivity index is 2.07. The number of halogens is 1. The van der Waals surface area contributed by atoms with E-state index in [2.05, 4.69) is 10.4 Å². The van der Waals surface area contributed by atoms with Crippen molar-refractivity contribution in [2.45, 2.75) is 19.3 Å². The first kappa shape index (κ1) is 15.1. The zero-order valence-corrected chi connectivity index (χ0v) is 13.3. The molecule has 108 valence electrons. The van der Waals surface area contributed by atoms with Crippen molar-refractivity contribution in [1.82, 2.24) is 4.98 Å². The van der Waals surface area contributed by atoms with Crippen LogP contribution in [-0.4, -0.2) is 25.1 Å². The van der Waals surface area contributed by atoms with Crippen LogP contribution in [0.3, 0.4) is 0 Å². The Morgan fingerprint density at radius 2 is 2.00 bits per heavy atom. The summed E-state index contributed by atoms with van der Waals surface area (Å²) in [5, 5.41) is 3.23. The highest BCUT2D eigenvalue weighted by Crippen LogP contribution is 2.28. The topological polar surface area (TPSA) is 31.4 Å². The van der Waals surface area contributed by atoms with E-state index < -0.39 is 0 Å². The van der Waals surface area contributed by atoms with Crippen molar-refractivity contribution in [2.24, 2.45) is 0 Å². The Morgan fingerprint density at radius 3 is 2.70 bits per heavy atom.